The number of carbonyl (C=O) groups is 3. The van der Waals surface area contributed by atoms with E-state index in [-0.39, 0.29) is 11.9 Å². The van der Waals surface area contributed by atoms with Crippen molar-refractivity contribution in [2.75, 3.05) is 7.05 Å². The molecule has 2 atom stereocenters. The maximum atomic E-state index is 12.6. The molecule has 29 heavy (non-hydrogen) atoms. The standard InChI is InChI=1S/C22H35N3O4/c1-22(2,3)29-19(26)14-10-6-9-13-17(24-4)21(28)25-18(20(23)27)15-16-11-7-5-8-12-16/h5,7-8,11-12,17-18,24H,6,9-10,13-15H2,1-4H3,(H2,23,27)(H,25,28)/t17-,18-/m0/s1. The summed E-state index contributed by atoms with van der Waals surface area (Å²) >= 11 is 0. The molecular formula is C22H35N3O4. The number of esters is 1. The molecule has 0 saturated heterocycles. The fraction of sp³-hybridized carbons (Fsp3) is 0.591. The Hall–Kier alpha value is -2.41. The Kier molecular flexibility index (Phi) is 10.4. The molecule has 1 aromatic rings. The largest absolute Gasteiger partial charge is 0.460 e. The van der Waals surface area contributed by atoms with Crippen LogP contribution in [0.5, 0.6) is 0 Å². The van der Waals surface area contributed by atoms with Gasteiger partial charge in [0, 0.05) is 12.8 Å². The Labute approximate surface area is 173 Å². The molecule has 0 fully saturated rings. The number of unbranched alkanes of at least 4 members (excludes halogenated alkanes) is 2. The minimum atomic E-state index is -0.757. The van der Waals surface area contributed by atoms with Crippen molar-refractivity contribution in [1.29, 1.82) is 0 Å². The van der Waals surface area contributed by atoms with Gasteiger partial charge in [0.25, 0.3) is 0 Å². The molecule has 0 aliphatic carbocycles. The molecule has 0 spiro atoms. The van der Waals surface area contributed by atoms with Crippen LogP contribution < -0.4 is 16.4 Å². The maximum Gasteiger partial charge on any atom is 0.306 e. The molecule has 0 unspecified atom stereocenters. The molecule has 4 N–H and O–H groups in total. The zero-order valence-corrected chi connectivity index (χ0v) is 18.0. The van der Waals surface area contributed by atoms with E-state index >= 15 is 0 Å². The second-order valence-corrected chi connectivity index (χ2v) is 8.18. The molecule has 0 radical (unpaired) electrons. The van der Waals surface area contributed by atoms with Crippen molar-refractivity contribution < 1.29 is 19.1 Å². The first-order chi connectivity index (χ1) is 13.6. The molecule has 1 aromatic carbocycles. The topological polar surface area (TPSA) is 111 Å². The number of likely N-dealkylation sites (N-methyl/N-ethyl adjacent to an activating group) is 1. The summed E-state index contributed by atoms with van der Waals surface area (Å²) in [6.07, 6.45) is 3.64. The highest BCUT2D eigenvalue weighted by Crippen LogP contribution is 2.12. The van der Waals surface area contributed by atoms with Crippen molar-refractivity contribution >= 4 is 17.8 Å². The van der Waals surface area contributed by atoms with Gasteiger partial charge in [-0.3, -0.25) is 14.4 Å². The quantitative estimate of drug-likeness (QED) is 0.364. The molecule has 0 aromatic heterocycles. The van der Waals surface area contributed by atoms with Gasteiger partial charge in [0.05, 0.1) is 6.04 Å². The Morgan fingerprint density at radius 3 is 2.24 bits per heavy atom. The van der Waals surface area contributed by atoms with Crippen LogP contribution in [0.1, 0.15) is 58.4 Å². The molecular weight excluding hydrogens is 370 g/mol. The molecule has 7 heteroatoms. The molecule has 0 heterocycles. The number of rotatable bonds is 12. The van der Waals surface area contributed by atoms with Crippen molar-refractivity contribution in [2.24, 2.45) is 5.73 Å². The lowest BCUT2D eigenvalue weighted by molar-refractivity contribution is -0.155. The SMILES string of the molecule is CN[C@@H](CCCCCC(=O)OC(C)(C)C)C(=O)N[C@@H](Cc1ccccc1)C(N)=O. The van der Waals surface area contributed by atoms with Crippen LogP contribution in [0.2, 0.25) is 0 Å². The number of amides is 2. The van der Waals surface area contributed by atoms with Gasteiger partial charge in [-0.05, 0) is 46.2 Å². The Bertz CT molecular complexity index is 656. The van der Waals surface area contributed by atoms with E-state index in [9.17, 15) is 14.4 Å². The summed E-state index contributed by atoms with van der Waals surface area (Å²) in [7, 11) is 1.71. The van der Waals surface area contributed by atoms with Gasteiger partial charge in [-0.25, -0.2) is 0 Å². The summed E-state index contributed by atoms with van der Waals surface area (Å²) < 4.78 is 5.28. The number of benzene rings is 1. The monoisotopic (exact) mass is 405 g/mol. The van der Waals surface area contributed by atoms with Crippen molar-refractivity contribution in [3.8, 4) is 0 Å². The zero-order valence-electron chi connectivity index (χ0n) is 18.0. The fourth-order valence-electron chi connectivity index (χ4n) is 2.94. The highest BCUT2D eigenvalue weighted by Gasteiger charge is 2.23. The third kappa shape index (κ3) is 10.6. The second kappa shape index (κ2) is 12.2. The smallest absolute Gasteiger partial charge is 0.306 e. The van der Waals surface area contributed by atoms with E-state index in [1.54, 1.807) is 7.05 Å². The van der Waals surface area contributed by atoms with Crippen LogP contribution in [0.15, 0.2) is 30.3 Å². The number of carbonyl (C=O) groups excluding carboxylic acids is 3. The fourth-order valence-corrected chi connectivity index (χ4v) is 2.94. The Morgan fingerprint density at radius 2 is 1.69 bits per heavy atom. The zero-order chi connectivity index (χ0) is 21.9. The minimum Gasteiger partial charge on any atom is -0.460 e. The van der Waals surface area contributed by atoms with Crippen molar-refractivity contribution in [2.45, 2.75) is 77.0 Å². The number of ether oxygens (including phenoxy) is 1. The van der Waals surface area contributed by atoms with Gasteiger partial charge in [0.1, 0.15) is 11.6 Å². The van der Waals surface area contributed by atoms with E-state index in [0.717, 1.165) is 18.4 Å². The van der Waals surface area contributed by atoms with Crippen LogP contribution >= 0.6 is 0 Å². The summed E-state index contributed by atoms with van der Waals surface area (Å²) in [5.74, 6) is -1.01. The number of primary amides is 1. The van der Waals surface area contributed by atoms with Crippen LogP contribution in [-0.4, -0.2) is 42.5 Å². The van der Waals surface area contributed by atoms with Crippen LogP contribution in [-0.2, 0) is 25.5 Å². The summed E-state index contributed by atoms with van der Waals surface area (Å²) in [4.78, 5) is 36.0. The van der Waals surface area contributed by atoms with Gasteiger partial charge in [0.15, 0.2) is 0 Å². The predicted octanol–water partition coefficient (Wildman–Crippen LogP) is 2.08. The van der Waals surface area contributed by atoms with Gasteiger partial charge >= 0.3 is 5.97 Å². The average Bonchev–Trinajstić information content (AvgIpc) is 2.63. The minimum absolute atomic E-state index is 0.203. The highest BCUT2D eigenvalue weighted by molar-refractivity contribution is 5.89. The van der Waals surface area contributed by atoms with Gasteiger partial charge in [-0.15, -0.1) is 0 Å². The number of nitrogens with one attached hydrogen (secondary N) is 2. The van der Waals surface area contributed by atoms with Crippen molar-refractivity contribution in [3.63, 3.8) is 0 Å². The van der Waals surface area contributed by atoms with Crippen molar-refractivity contribution in [3.05, 3.63) is 35.9 Å². The first-order valence-electron chi connectivity index (χ1n) is 10.1. The normalized spacial score (nSPS) is 13.4. The second-order valence-electron chi connectivity index (χ2n) is 8.18. The van der Waals surface area contributed by atoms with E-state index in [1.807, 2.05) is 51.1 Å². The van der Waals surface area contributed by atoms with Gasteiger partial charge < -0.3 is 21.1 Å². The van der Waals surface area contributed by atoms with Crippen molar-refractivity contribution in [1.82, 2.24) is 10.6 Å². The van der Waals surface area contributed by atoms with Crippen LogP contribution in [0.4, 0.5) is 0 Å². The van der Waals surface area contributed by atoms with E-state index in [0.29, 0.717) is 25.7 Å². The molecule has 2 amide bonds. The molecule has 0 aliphatic heterocycles. The van der Waals surface area contributed by atoms with Crippen LogP contribution in [0.3, 0.4) is 0 Å². The third-order valence-corrected chi connectivity index (χ3v) is 4.40. The molecule has 0 aliphatic rings. The molecule has 7 nitrogen and oxygen atoms in total. The Balaban J connectivity index is 2.41. The maximum absolute atomic E-state index is 12.6. The molecule has 162 valence electrons. The lowest BCUT2D eigenvalue weighted by Crippen LogP contribution is -2.52. The van der Waals surface area contributed by atoms with E-state index < -0.39 is 23.6 Å². The lowest BCUT2D eigenvalue weighted by Gasteiger charge is -2.21. The molecule has 0 bridgehead atoms. The van der Waals surface area contributed by atoms with E-state index in [2.05, 4.69) is 10.6 Å². The first kappa shape index (κ1) is 24.6. The number of hydrogen-bond acceptors (Lipinski definition) is 5. The first-order valence-corrected chi connectivity index (χ1v) is 10.1. The summed E-state index contributed by atoms with van der Waals surface area (Å²) in [5.41, 5.74) is 5.93. The average molecular weight is 406 g/mol. The summed E-state index contributed by atoms with van der Waals surface area (Å²) in [6, 6.07) is 8.25. The van der Waals surface area contributed by atoms with Gasteiger partial charge in [0.2, 0.25) is 11.8 Å². The Morgan fingerprint density at radius 1 is 1.03 bits per heavy atom. The molecule has 1 rings (SSSR count). The van der Waals surface area contributed by atoms with Crippen LogP contribution in [0.25, 0.3) is 0 Å². The third-order valence-electron chi connectivity index (χ3n) is 4.40. The number of hydrogen-bond donors (Lipinski definition) is 3. The number of nitrogens with two attached hydrogens (primary N) is 1. The van der Waals surface area contributed by atoms with Gasteiger partial charge in [-0.1, -0.05) is 43.2 Å². The van der Waals surface area contributed by atoms with Gasteiger partial charge in [-0.2, -0.15) is 0 Å². The van der Waals surface area contributed by atoms with E-state index in [4.69, 9.17) is 10.5 Å². The molecule has 0 saturated carbocycles. The summed E-state index contributed by atoms with van der Waals surface area (Å²) in [5, 5.41) is 5.74. The predicted molar refractivity (Wildman–Crippen MR) is 113 cm³/mol. The van der Waals surface area contributed by atoms with Crippen LogP contribution in [0, 0.1) is 0 Å². The summed E-state index contributed by atoms with van der Waals surface area (Å²) in [6.45, 7) is 5.54. The van der Waals surface area contributed by atoms with E-state index in [1.165, 1.54) is 0 Å². The lowest BCUT2D eigenvalue weighted by atomic mass is 10.0. The highest BCUT2D eigenvalue weighted by atomic mass is 16.6.